The third-order valence-electron chi connectivity index (χ3n) is 5.91. The first-order valence-corrected chi connectivity index (χ1v) is 13.0. The fraction of sp³-hybridized carbons (Fsp3) is 0.290. The van der Waals surface area contributed by atoms with Crippen LogP contribution in [0.4, 0.5) is 4.79 Å². The van der Waals surface area contributed by atoms with Crippen molar-refractivity contribution in [2.75, 3.05) is 7.11 Å². The Balaban J connectivity index is 1.71. The largest absolute Gasteiger partial charge is 0.465 e. The summed E-state index contributed by atoms with van der Waals surface area (Å²) in [7, 11) is 1.28. The summed E-state index contributed by atoms with van der Waals surface area (Å²) >= 11 is 0. The van der Waals surface area contributed by atoms with Crippen LogP contribution < -0.4 is 15.4 Å². The Labute approximate surface area is 233 Å². The molecular weight excluding hydrogens is 512 g/mol. The molecule has 0 fully saturated rings. The Morgan fingerprint density at radius 3 is 1.93 bits per heavy atom. The molecule has 0 aliphatic heterocycles. The highest BCUT2D eigenvalue weighted by Crippen LogP contribution is 2.16. The lowest BCUT2D eigenvalue weighted by Crippen LogP contribution is -2.53. The minimum Gasteiger partial charge on any atom is -0.465 e. The molecule has 210 valence electrons. The van der Waals surface area contributed by atoms with E-state index < -0.39 is 36.0 Å². The van der Waals surface area contributed by atoms with Crippen molar-refractivity contribution in [3.8, 4) is 5.75 Å². The second-order valence-corrected chi connectivity index (χ2v) is 9.58. The summed E-state index contributed by atoms with van der Waals surface area (Å²) < 4.78 is 15.5. The van der Waals surface area contributed by atoms with Crippen molar-refractivity contribution in [2.24, 2.45) is 5.92 Å². The zero-order valence-electron chi connectivity index (χ0n) is 22.8. The number of carbonyl (C=O) groups excluding carboxylic acids is 4. The Bertz CT molecular complexity index is 1260. The van der Waals surface area contributed by atoms with Crippen LogP contribution in [0.3, 0.4) is 0 Å². The van der Waals surface area contributed by atoms with Gasteiger partial charge >= 0.3 is 18.0 Å². The Kier molecular flexibility index (Phi) is 11.3. The third kappa shape index (κ3) is 9.58. The zero-order chi connectivity index (χ0) is 28.9. The molecule has 0 saturated carbocycles. The number of amides is 2. The lowest BCUT2D eigenvalue weighted by Gasteiger charge is -2.23. The highest BCUT2D eigenvalue weighted by atomic mass is 16.5. The number of hydrogen-bond donors (Lipinski definition) is 2. The van der Waals surface area contributed by atoms with Crippen molar-refractivity contribution < 1.29 is 33.4 Å². The van der Waals surface area contributed by atoms with Gasteiger partial charge in [-0.3, -0.25) is 4.79 Å². The number of nitrogens with one attached hydrogen (secondary N) is 2. The van der Waals surface area contributed by atoms with Crippen LogP contribution in [0.15, 0.2) is 84.9 Å². The molecule has 0 saturated heterocycles. The van der Waals surface area contributed by atoms with Gasteiger partial charge in [-0.2, -0.15) is 0 Å². The Morgan fingerprint density at radius 1 is 0.750 bits per heavy atom. The van der Waals surface area contributed by atoms with Gasteiger partial charge in [-0.15, -0.1) is 0 Å². The summed E-state index contributed by atoms with van der Waals surface area (Å²) in [4.78, 5) is 50.8. The minimum absolute atomic E-state index is 0.0451. The number of rotatable bonds is 12. The first kappa shape index (κ1) is 29.9. The molecule has 2 N–H and O–H groups in total. The second kappa shape index (κ2) is 15.1. The van der Waals surface area contributed by atoms with E-state index in [2.05, 4.69) is 15.4 Å². The molecule has 0 bridgehead atoms. The van der Waals surface area contributed by atoms with E-state index in [0.717, 1.165) is 11.1 Å². The van der Waals surface area contributed by atoms with Gasteiger partial charge in [0.2, 0.25) is 5.91 Å². The Morgan fingerprint density at radius 2 is 1.35 bits per heavy atom. The average Bonchev–Trinajstić information content (AvgIpc) is 2.96. The van der Waals surface area contributed by atoms with Gasteiger partial charge < -0.3 is 24.8 Å². The Hall–Kier alpha value is -4.66. The minimum atomic E-state index is -1.01. The number of benzene rings is 3. The van der Waals surface area contributed by atoms with Gasteiger partial charge in [-0.05, 0) is 47.7 Å². The third-order valence-corrected chi connectivity index (χ3v) is 5.91. The molecular formula is C31H34N2O7. The van der Waals surface area contributed by atoms with E-state index in [4.69, 9.17) is 9.47 Å². The van der Waals surface area contributed by atoms with E-state index in [1.54, 1.807) is 0 Å². The van der Waals surface area contributed by atoms with Crippen LogP contribution in [0.2, 0.25) is 0 Å². The summed E-state index contributed by atoms with van der Waals surface area (Å²) in [5, 5.41) is 5.38. The maximum absolute atomic E-state index is 13.4. The monoisotopic (exact) mass is 546 g/mol. The van der Waals surface area contributed by atoms with Crippen LogP contribution in [0.1, 0.15) is 41.8 Å². The molecule has 0 unspecified atom stereocenters. The lowest BCUT2D eigenvalue weighted by molar-refractivity contribution is -0.140. The SMILES string of the molecule is COC(=O)c1ccc(OC(=O)[C@H](CC(C)C)NC(=O)[C@H](Cc2ccccc2)NC(=O)OCc2ccccc2)cc1. The van der Waals surface area contributed by atoms with Crippen LogP contribution >= 0.6 is 0 Å². The van der Waals surface area contributed by atoms with E-state index in [9.17, 15) is 19.2 Å². The quantitative estimate of drug-likeness (QED) is 0.254. The van der Waals surface area contributed by atoms with E-state index >= 15 is 0 Å². The molecule has 9 nitrogen and oxygen atoms in total. The summed E-state index contributed by atoms with van der Waals surface area (Å²) in [5.74, 6) is -1.47. The van der Waals surface area contributed by atoms with Crippen LogP contribution in [0, 0.1) is 5.92 Å². The van der Waals surface area contributed by atoms with Crippen LogP contribution in [0.25, 0.3) is 0 Å². The van der Waals surface area contributed by atoms with E-state index in [1.807, 2.05) is 74.5 Å². The van der Waals surface area contributed by atoms with Crippen molar-refractivity contribution in [1.29, 1.82) is 0 Å². The van der Waals surface area contributed by atoms with Gasteiger partial charge in [0, 0.05) is 6.42 Å². The fourth-order valence-corrected chi connectivity index (χ4v) is 3.89. The van der Waals surface area contributed by atoms with Gasteiger partial charge in [0.15, 0.2) is 0 Å². The standard InChI is InChI=1S/C31H34N2O7/c1-21(2)18-27(30(36)40-25-16-14-24(15-17-25)29(35)38-3)32-28(34)26(19-22-10-6-4-7-11-22)33-31(37)39-20-23-12-8-5-9-13-23/h4-17,21,26-27H,18-20H2,1-3H3,(H,32,34)(H,33,37)/t26-,27-/m0/s1. The van der Waals surface area contributed by atoms with Gasteiger partial charge in [-0.25, -0.2) is 14.4 Å². The highest BCUT2D eigenvalue weighted by Gasteiger charge is 2.29. The predicted octanol–water partition coefficient (Wildman–Crippen LogP) is 4.45. The second-order valence-electron chi connectivity index (χ2n) is 9.58. The van der Waals surface area contributed by atoms with Crippen LogP contribution in [0.5, 0.6) is 5.75 Å². The van der Waals surface area contributed by atoms with Crippen molar-refractivity contribution in [3.05, 3.63) is 102 Å². The topological polar surface area (TPSA) is 120 Å². The van der Waals surface area contributed by atoms with Crippen LogP contribution in [-0.2, 0) is 32.1 Å². The summed E-state index contributed by atoms with van der Waals surface area (Å²) in [6, 6.07) is 22.3. The molecule has 0 aliphatic rings. The maximum atomic E-state index is 13.4. The number of carbonyl (C=O) groups is 4. The fourth-order valence-electron chi connectivity index (χ4n) is 3.89. The van der Waals surface area contributed by atoms with E-state index in [1.165, 1.54) is 31.4 Å². The van der Waals surface area contributed by atoms with Crippen molar-refractivity contribution >= 4 is 23.9 Å². The predicted molar refractivity (Wildman–Crippen MR) is 148 cm³/mol. The number of methoxy groups -OCH3 is 1. The molecule has 9 heteroatoms. The molecule has 0 heterocycles. The van der Waals surface area contributed by atoms with E-state index in [0.29, 0.717) is 12.0 Å². The van der Waals surface area contributed by atoms with Crippen molar-refractivity contribution in [3.63, 3.8) is 0 Å². The van der Waals surface area contributed by atoms with Crippen molar-refractivity contribution in [2.45, 2.75) is 45.4 Å². The molecule has 3 rings (SSSR count). The summed E-state index contributed by atoms with van der Waals surface area (Å²) in [5.41, 5.74) is 1.93. The molecule has 0 aromatic heterocycles. The van der Waals surface area contributed by atoms with Gasteiger partial charge in [-0.1, -0.05) is 74.5 Å². The first-order valence-electron chi connectivity index (χ1n) is 13.0. The zero-order valence-corrected chi connectivity index (χ0v) is 22.8. The molecule has 2 amide bonds. The highest BCUT2D eigenvalue weighted by molar-refractivity contribution is 5.91. The maximum Gasteiger partial charge on any atom is 0.408 e. The normalized spacial score (nSPS) is 12.1. The van der Waals surface area contributed by atoms with Gasteiger partial charge in [0.25, 0.3) is 0 Å². The first-order chi connectivity index (χ1) is 19.2. The molecule has 40 heavy (non-hydrogen) atoms. The van der Waals surface area contributed by atoms with Gasteiger partial charge in [0.1, 0.15) is 24.4 Å². The average molecular weight is 547 g/mol. The number of hydrogen-bond acceptors (Lipinski definition) is 7. The van der Waals surface area contributed by atoms with Crippen LogP contribution in [-0.4, -0.2) is 43.1 Å². The number of esters is 2. The smallest absolute Gasteiger partial charge is 0.408 e. The molecule has 3 aromatic rings. The van der Waals surface area contributed by atoms with Crippen molar-refractivity contribution in [1.82, 2.24) is 10.6 Å². The summed E-state index contributed by atoms with van der Waals surface area (Å²) in [6.07, 6.45) is -0.263. The molecule has 0 radical (unpaired) electrons. The number of alkyl carbamates (subject to hydrolysis) is 1. The molecule has 0 aliphatic carbocycles. The molecule has 3 aromatic carbocycles. The lowest BCUT2D eigenvalue weighted by atomic mass is 10.0. The summed E-state index contributed by atoms with van der Waals surface area (Å²) in [6.45, 7) is 3.87. The molecule has 2 atom stereocenters. The van der Waals surface area contributed by atoms with Gasteiger partial charge in [0.05, 0.1) is 12.7 Å². The molecule has 0 spiro atoms. The van der Waals surface area contributed by atoms with E-state index in [-0.39, 0.29) is 24.7 Å². The number of ether oxygens (including phenoxy) is 3.